The molecule has 19 heavy (non-hydrogen) atoms. The lowest BCUT2D eigenvalue weighted by molar-refractivity contribution is 0.622. The first-order valence-electron chi connectivity index (χ1n) is 5.39. The predicted octanol–water partition coefficient (Wildman–Crippen LogP) is 4.58. The molecule has 0 heterocycles. The highest BCUT2D eigenvalue weighted by Gasteiger charge is 2.06. The van der Waals surface area contributed by atoms with E-state index in [0.29, 0.717) is 22.4 Å². The van der Waals surface area contributed by atoms with Gasteiger partial charge in [0.2, 0.25) is 0 Å². The van der Waals surface area contributed by atoms with E-state index in [-0.39, 0.29) is 5.02 Å². The first kappa shape index (κ1) is 14.1. The Hall–Kier alpha value is -1.33. The molecule has 0 aliphatic heterocycles. The van der Waals surface area contributed by atoms with Gasteiger partial charge in [0.1, 0.15) is 11.6 Å². The van der Waals surface area contributed by atoms with E-state index in [1.807, 2.05) is 0 Å². The van der Waals surface area contributed by atoms with Gasteiger partial charge in [-0.05, 0) is 39.7 Å². The molecule has 0 aliphatic rings. The second-order valence-corrected chi connectivity index (χ2v) is 5.22. The quantitative estimate of drug-likeness (QED) is 0.798. The fraction of sp³-hybridized carbons (Fsp3) is 0.0769. The van der Waals surface area contributed by atoms with Crippen LogP contribution in [0.1, 0.15) is 5.56 Å². The first-order valence-corrected chi connectivity index (χ1v) is 6.57. The minimum atomic E-state index is -0.473. The number of hydrogen-bond donors (Lipinski definition) is 2. The van der Waals surface area contributed by atoms with Gasteiger partial charge in [0, 0.05) is 12.6 Å². The van der Waals surface area contributed by atoms with Crippen molar-refractivity contribution in [2.75, 3.05) is 11.1 Å². The average Bonchev–Trinajstić information content (AvgIpc) is 2.36. The Labute approximate surface area is 122 Å². The van der Waals surface area contributed by atoms with Crippen molar-refractivity contribution >= 4 is 38.9 Å². The van der Waals surface area contributed by atoms with Crippen molar-refractivity contribution < 1.29 is 8.78 Å². The van der Waals surface area contributed by atoms with Crippen LogP contribution in [-0.4, -0.2) is 0 Å². The van der Waals surface area contributed by atoms with Gasteiger partial charge in [0.05, 0.1) is 20.9 Å². The van der Waals surface area contributed by atoms with E-state index in [9.17, 15) is 8.78 Å². The molecule has 0 saturated heterocycles. The summed E-state index contributed by atoms with van der Waals surface area (Å²) in [5, 5.41) is 3.03. The van der Waals surface area contributed by atoms with E-state index in [2.05, 4.69) is 21.2 Å². The van der Waals surface area contributed by atoms with Crippen molar-refractivity contribution in [1.82, 2.24) is 0 Å². The van der Waals surface area contributed by atoms with Crippen molar-refractivity contribution in [3.05, 3.63) is 57.0 Å². The zero-order valence-electron chi connectivity index (χ0n) is 9.68. The van der Waals surface area contributed by atoms with E-state index in [1.54, 1.807) is 6.07 Å². The Morgan fingerprint density at radius 1 is 1.16 bits per heavy atom. The van der Waals surface area contributed by atoms with Crippen LogP contribution in [0.2, 0.25) is 5.02 Å². The van der Waals surface area contributed by atoms with Gasteiger partial charge >= 0.3 is 0 Å². The molecule has 0 aromatic heterocycles. The van der Waals surface area contributed by atoms with Crippen LogP contribution in [0.25, 0.3) is 0 Å². The van der Waals surface area contributed by atoms with Crippen molar-refractivity contribution in [3.8, 4) is 0 Å². The third-order valence-corrected chi connectivity index (χ3v) is 3.46. The molecule has 2 rings (SSSR count). The SMILES string of the molecule is Nc1cc(Br)c(F)cc1NCc1ccc(F)c(Cl)c1. The molecule has 0 spiro atoms. The van der Waals surface area contributed by atoms with Crippen molar-refractivity contribution in [2.45, 2.75) is 6.54 Å². The Morgan fingerprint density at radius 3 is 2.58 bits per heavy atom. The number of anilines is 2. The van der Waals surface area contributed by atoms with Crippen LogP contribution in [0, 0.1) is 11.6 Å². The third kappa shape index (κ3) is 3.36. The number of hydrogen-bond acceptors (Lipinski definition) is 2. The highest BCUT2D eigenvalue weighted by molar-refractivity contribution is 9.10. The first-order chi connectivity index (χ1) is 8.97. The second-order valence-electron chi connectivity index (χ2n) is 3.96. The highest BCUT2D eigenvalue weighted by Crippen LogP contribution is 2.27. The molecule has 3 N–H and O–H groups in total. The van der Waals surface area contributed by atoms with Gasteiger partial charge < -0.3 is 11.1 Å². The summed E-state index contributed by atoms with van der Waals surface area (Å²) >= 11 is 8.73. The normalized spacial score (nSPS) is 10.5. The monoisotopic (exact) mass is 346 g/mol. The van der Waals surface area contributed by atoms with Gasteiger partial charge in [-0.15, -0.1) is 0 Å². The maximum atomic E-state index is 13.4. The van der Waals surface area contributed by atoms with Gasteiger partial charge in [-0.1, -0.05) is 17.7 Å². The van der Waals surface area contributed by atoms with Gasteiger partial charge in [-0.25, -0.2) is 8.78 Å². The molecular weight excluding hydrogens is 338 g/mol. The predicted molar refractivity (Wildman–Crippen MR) is 77.2 cm³/mol. The van der Waals surface area contributed by atoms with E-state index in [1.165, 1.54) is 24.3 Å². The zero-order chi connectivity index (χ0) is 14.0. The molecule has 2 aromatic carbocycles. The molecule has 0 amide bonds. The van der Waals surface area contributed by atoms with E-state index >= 15 is 0 Å². The molecule has 2 nitrogen and oxygen atoms in total. The maximum absolute atomic E-state index is 13.4. The molecule has 100 valence electrons. The summed E-state index contributed by atoms with van der Waals surface area (Å²) in [6.45, 7) is 0.366. The third-order valence-electron chi connectivity index (χ3n) is 2.56. The van der Waals surface area contributed by atoms with Crippen molar-refractivity contribution in [1.29, 1.82) is 0 Å². The summed E-state index contributed by atoms with van der Waals surface area (Å²) < 4.78 is 26.7. The van der Waals surface area contributed by atoms with Crippen LogP contribution in [0.15, 0.2) is 34.8 Å². The molecule has 0 bridgehead atoms. The zero-order valence-corrected chi connectivity index (χ0v) is 12.0. The summed E-state index contributed by atoms with van der Waals surface area (Å²) in [6.07, 6.45) is 0. The van der Waals surface area contributed by atoms with Crippen LogP contribution in [0.4, 0.5) is 20.2 Å². The average molecular weight is 348 g/mol. The summed E-state index contributed by atoms with van der Waals surface area (Å²) in [5.74, 6) is -0.881. The van der Waals surface area contributed by atoms with Crippen molar-refractivity contribution in [3.63, 3.8) is 0 Å². The van der Waals surface area contributed by atoms with E-state index in [0.717, 1.165) is 5.56 Å². The molecule has 0 aliphatic carbocycles. The van der Waals surface area contributed by atoms with Gasteiger partial charge in [-0.2, -0.15) is 0 Å². The Morgan fingerprint density at radius 2 is 1.89 bits per heavy atom. The fourth-order valence-corrected chi connectivity index (χ4v) is 2.13. The van der Waals surface area contributed by atoms with Crippen LogP contribution in [0.5, 0.6) is 0 Å². The number of halogens is 4. The Kier molecular flexibility index (Phi) is 4.27. The number of nitrogens with two attached hydrogens (primary N) is 1. The van der Waals surface area contributed by atoms with Gasteiger partial charge in [0.25, 0.3) is 0 Å². The largest absolute Gasteiger partial charge is 0.397 e. The lowest BCUT2D eigenvalue weighted by atomic mass is 10.2. The number of nitrogen functional groups attached to an aromatic ring is 1. The van der Waals surface area contributed by atoms with Gasteiger partial charge in [-0.3, -0.25) is 0 Å². The molecule has 6 heteroatoms. The molecule has 0 unspecified atom stereocenters. The van der Waals surface area contributed by atoms with Gasteiger partial charge in [0.15, 0.2) is 0 Å². The lowest BCUT2D eigenvalue weighted by Crippen LogP contribution is -2.03. The summed E-state index contributed by atoms with van der Waals surface area (Å²) in [4.78, 5) is 0. The molecule has 0 atom stereocenters. The Balaban J connectivity index is 2.14. The molecule has 0 fully saturated rings. The number of rotatable bonds is 3. The minimum absolute atomic E-state index is 0.0502. The number of nitrogens with one attached hydrogen (secondary N) is 1. The lowest BCUT2D eigenvalue weighted by Gasteiger charge is -2.10. The summed E-state index contributed by atoms with van der Waals surface area (Å²) in [5.41, 5.74) is 7.43. The minimum Gasteiger partial charge on any atom is -0.397 e. The molecule has 0 saturated carbocycles. The summed E-state index contributed by atoms with van der Waals surface area (Å²) in [7, 11) is 0. The van der Waals surface area contributed by atoms with Crippen LogP contribution >= 0.6 is 27.5 Å². The van der Waals surface area contributed by atoms with Crippen LogP contribution in [-0.2, 0) is 6.54 Å². The molecular formula is C13H10BrClF2N2. The second kappa shape index (κ2) is 5.75. The highest BCUT2D eigenvalue weighted by atomic mass is 79.9. The summed E-state index contributed by atoms with van der Waals surface area (Å²) in [6, 6.07) is 7.17. The molecule has 2 aromatic rings. The maximum Gasteiger partial charge on any atom is 0.141 e. The van der Waals surface area contributed by atoms with E-state index < -0.39 is 11.6 Å². The van der Waals surface area contributed by atoms with E-state index in [4.69, 9.17) is 17.3 Å². The molecule has 0 radical (unpaired) electrons. The standard InChI is InChI=1S/C13H10BrClF2N2/c14-8-4-12(18)13(5-11(8)17)19-6-7-1-2-10(16)9(15)3-7/h1-5,19H,6,18H2. The van der Waals surface area contributed by atoms with Crippen molar-refractivity contribution in [2.24, 2.45) is 0 Å². The topological polar surface area (TPSA) is 38.0 Å². The number of benzene rings is 2. The fourth-order valence-electron chi connectivity index (χ4n) is 1.56. The van der Waals surface area contributed by atoms with Crippen LogP contribution in [0.3, 0.4) is 0 Å². The Bertz CT molecular complexity index is 620. The van der Waals surface area contributed by atoms with Crippen LogP contribution < -0.4 is 11.1 Å². The smallest absolute Gasteiger partial charge is 0.141 e.